The molecule has 0 saturated carbocycles. The van der Waals surface area contributed by atoms with Crippen LogP contribution in [0.4, 0.5) is 4.79 Å². The summed E-state index contributed by atoms with van der Waals surface area (Å²) < 4.78 is 5.08. The lowest BCUT2D eigenvalue weighted by molar-refractivity contribution is 0.0521. The highest BCUT2D eigenvalue weighted by Gasteiger charge is 2.15. The number of alkyl carbamates (subject to hydrolysis) is 1. The zero-order valence-electron chi connectivity index (χ0n) is 11.0. The van der Waals surface area contributed by atoms with E-state index in [1.54, 1.807) is 0 Å². The van der Waals surface area contributed by atoms with Crippen LogP contribution in [0.25, 0.3) is 0 Å². The normalized spacial score (nSPS) is 13.6. The minimum absolute atomic E-state index is 0.212. The number of alkyl halides is 1. The van der Waals surface area contributed by atoms with Crippen molar-refractivity contribution in [3.8, 4) is 0 Å². The van der Waals surface area contributed by atoms with Crippen LogP contribution in [0.1, 0.15) is 20.8 Å². The number of ether oxygens (including phenoxy) is 1. The zero-order chi connectivity index (χ0) is 13.5. The van der Waals surface area contributed by atoms with Gasteiger partial charge in [-0.3, -0.25) is 0 Å². The lowest BCUT2D eigenvalue weighted by Gasteiger charge is -2.21. The van der Waals surface area contributed by atoms with Crippen LogP contribution in [-0.4, -0.2) is 60.4 Å². The number of carbonyl (C=O) groups excluding carboxylic acids is 1. The van der Waals surface area contributed by atoms with Crippen LogP contribution in [-0.2, 0) is 4.74 Å². The highest BCUT2D eigenvalue weighted by molar-refractivity contribution is 6.18. The number of nitrogens with one attached hydrogen (secondary N) is 1. The molecule has 0 rings (SSSR count). The average molecular weight is 267 g/mol. The van der Waals surface area contributed by atoms with E-state index >= 15 is 0 Å². The van der Waals surface area contributed by atoms with E-state index < -0.39 is 17.8 Å². The Labute approximate surface area is 108 Å². The average Bonchev–Trinajstić information content (AvgIpc) is 2.14. The molecule has 0 spiro atoms. The van der Waals surface area contributed by atoms with Crippen LogP contribution in [0.15, 0.2) is 0 Å². The summed E-state index contributed by atoms with van der Waals surface area (Å²) in [6, 6.07) is 0. The lowest BCUT2D eigenvalue weighted by Crippen LogP contribution is -2.39. The van der Waals surface area contributed by atoms with Gasteiger partial charge in [-0.2, -0.15) is 0 Å². The molecule has 0 unspecified atom stereocenters. The molecule has 1 atom stereocenters. The Morgan fingerprint density at radius 3 is 2.59 bits per heavy atom. The van der Waals surface area contributed by atoms with Gasteiger partial charge in [0, 0.05) is 25.5 Å². The van der Waals surface area contributed by atoms with Crippen LogP contribution < -0.4 is 5.32 Å². The first-order valence-corrected chi connectivity index (χ1v) is 6.17. The first-order chi connectivity index (χ1) is 7.74. The van der Waals surface area contributed by atoms with Crippen molar-refractivity contribution in [1.29, 1.82) is 0 Å². The molecule has 0 saturated heterocycles. The maximum atomic E-state index is 11.3. The fourth-order valence-electron chi connectivity index (χ4n) is 1.16. The van der Waals surface area contributed by atoms with Gasteiger partial charge in [-0.05, 0) is 27.8 Å². The third-order valence-corrected chi connectivity index (χ3v) is 2.22. The fraction of sp³-hybridized carbons (Fsp3) is 0.909. The fourth-order valence-corrected chi connectivity index (χ4v) is 1.26. The first-order valence-electron chi connectivity index (χ1n) is 5.64. The Bertz CT molecular complexity index is 231. The van der Waals surface area contributed by atoms with E-state index in [1.165, 1.54) is 0 Å². The van der Waals surface area contributed by atoms with Crippen LogP contribution in [0.3, 0.4) is 0 Å². The SMILES string of the molecule is CN(CCNC(=O)OC(C)(C)C)C[C@H](O)CCl. The van der Waals surface area contributed by atoms with Crippen molar-refractivity contribution >= 4 is 17.7 Å². The van der Waals surface area contributed by atoms with Gasteiger partial charge in [-0.1, -0.05) is 0 Å². The van der Waals surface area contributed by atoms with E-state index in [1.807, 2.05) is 32.7 Å². The maximum absolute atomic E-state index is 11.3. The molecule has 0 aromatic rings. The molecule has 0 aliphatic carbocycles. The molecule has 102 valence electrons. The van der Waals surface area contributed by atoms with Gasteiger partial charge in [-0.15, -0.1) is 11.6 Å². The van der Waals surface area contributed by atoms with Crippen molar-refractivity contribution < 1.29 is 14.6 Å². The topological polar surface area (TPSA) is 61.8 Å². The largest absolute Gasteiger partial charge is 0.444 e. The summed E-state index contributed by atoms with van der Waals surface area (Å²) in [6.45, 7) is 7.04. The Morgan fingerprint density at radius 2 is 2.12 bits per heavy atom. The summed E-state index contributed by atoms with van der Waals surface area (Å²) in [6.07, 6.45) is -0.966. The Morgan fingerprint density at radius 1 is 1.53 bits per heavy atom. The molecule has 0 fully saturated rings. The molecule has 0 aromatic carbocycles. The number of amides is 1. The standard InChI is InChI=1S/C11H23ClN2O3/c1-11(2,3)17-10(16)13-5-6-14(4)8-9(15)7-12/h9,15H,5-8H2,1-4H3,(H,13,16)/t9-/m1/s1. The van der Waals surface area contributed by atoms with Crippen molar-refractivity contribution in [3.63, 3.8) is 0 Å². The van der Waals surface area contributed by atoms with E-state index in [0.717, 1.165) is 0 Å². The molecular weight excluding hydrogens is 244 g/mol. The summed E-state index contributed by atoms with van der Waals surface area (Å²) in [5, 5.41) is 11.9. The summed E-state index contributed by atoms with van der Waals surface area (Å²) in [5.74, 6) is 0.212. The molecule has 0 aliphatic rings. The van der Waals surface area contributed by atoms with E-state index in [9.17, 15) is 9.90 Å². The quantitative estimate of drug-likeness (QED) is 0.706. The molecular formula is C11H23ClN2O3. The number of hydrogen-bond acceptors (Lipinski definition) is 4. The monoisotopic (exact) mass is 266 g/mol. The lowest BCUT2D eigenvalue weighted by atomic mass is 10.2. The van der Waals surface area contributed by atoms with Crippen LogP contribution in [0.2, 0.25) is 0 Å². The molecule has 0 radical (unpaired) electrons. The minimum atomic E-state index is -0.539. The van der Waals surface area contributed by atoms with Gasteiger partial charge in [0.1, 0.15) is 5.60 Å². The Hall–Kier alpha value is -0.520. The van der Waals surface area contributed by atoms with Crippen LogP contribution >= 0.6 is 11.6 Å². The number of rotatable bonds is 6. The van der Waals surface area contributed by atoms with Gasteiger partial charge in [0.2, 0.25) is 0 Å². The maximum Gasteiger partial charge on any atom is 0.407 e. The number of carbonyl (C=O) groups is 1. The highest BCUT2D eigenvalue weighted by Crippen LogP contribution is 2.06. The highest BCUT2D eigenvalue weighted by atomic mass is 35.5. The third-order valence-electron chi connectivity index (χ3n) is 1.86. The molecule has 1 amide bonds. The zero-order valence-corrected chi connectivity index (χ0v) is 11.8. The van der Waals surface area contributed by atoms with Crippen LogP contribution in [0, 0.1) is 0 Å². The van der Waals surface area contributed by atoms with E-state index in [2.05, 4.69) is 5.32 Å². The Kier molecular flexibility index (Phi) is 7.50. The van der Waals surface area contributed by atoms with Crippen LogP contribution in [0.5, 0.6) is 0 Å². The second-order valence-electron chi connectivity index (χ2n) is 5.00. The van der Waals surface area contributed by atoms with E-state index in [4.69, 9.17) is 16.3 Å². The molecule has 0 aliphatic heterocycles. The third kappa shape index (κ3) is 10.4. The van der Waals surface area contributed by atoms with Gasteiger partial charge in [0.25, 0.3) is 0 Å². The summed E-state index contributed by atoms with van der Waals surface area (Å²) in [5.41, 5.74) is -0.481. The van der Waals surface area contributed by atoms with Gasteiger partial charge >= 0.3 is 6.09 Å². The van der Waals surface area contributed by atoms with E-state index in [0.29, 0.717) is 19.6 Å². The second kappa shape index (κ2) is 7.74. The van der Waals surface area contributed by atoms with Gasteiger partial charge in [0.05, 0.1) is 6.10 Å². The summed E-state index contributed by atoms with van der Waals surface area (Å²) in [4.78, 5) is 13.2. The van der Waals surface area contributed by atoms with Crippen molar-refractivity contribution in [3.05, 3.63) is 0 Å². The number of aliphatic hydroxyl groups excluding tert-OH is 1. The van der Waals surface area contributed by atoms with E-state index in [-0.39, 0.29) is 5.88 Å². The number of likely N-dealkylation sites (N-methyl/N-ethyl adjacent to an activating group) is 1. The Balaban J connectivity index is 3.66. The number of aliphatic hydroxyl groups is 1. The minimum Gasteiger partial charge on any atom is -0.444 e. The van der Waals surface area contributed by atoms with Gasteiger partial charge in [0.15, 0.2) is 0 Å². The van der Waals surface area contributed by atoms with Crippen molar-refractivity contribution in [2.75, 3.05) is 32.6 Å². The van der Waals surface area contributed by atoms with Gasteiger partial charge < -0.3 is 20.1 Å². The van der Waals surface area contributed by atoms with Crippen molar-refractivity contribution in [1.82, 2.24) is 10.2 Å². The van der Waals surface area contributed by atoms with Gasteiger partial charge in [-0.25, -0.2) is 4.79 Å². The number of nitrogens with zero attached hydrogens (tertiary/aromatic N) is 1. The summed E-state index contributed by atoms with van der Waals surface area (Å²) in [7, 11) is 1.85. The predicted octanol–water partition coefficient (Wildman–Crippen LogP) is 1.04. The molecule has 2 N–H and O–H groups in total. The molecule has 0 bridgehead atoms. The predicted molar refractivity (Wildman–Crippen MR) is 68.5 cm³/mol. The second-order valence-corrected chi connectivity index (χ2v) is 5.31. The van der Waals surface area contributed by atoms with Crippen molar-refractivity contribution in [2.24, 2.45) is 0 Å². The molecule has 0 aromatic heterocycles. The number of hydrogen-bond donors (Lipinski definition) is 2. The molecule has 5 nitrogen and oxygen atoms in total. The van der Waals surface area contributed by atoms with Crippen molar-refractivity contribution in [2.45, 2.75) is 32.5 Å². The molecule has 0 heterocycles. The summed E-state index contributed by atoms with van der Waals surface area (Å²) >= 11 is 5.49. The number of halogens is 1. The molecule has 17 heavy (non-hydrogen) atoms. The first kappa shape index (κ1) is 16.5. The molecule has 6 heteroatoms. The smallest absolute Gasteiger partial charge is 0.407 e.